The molecule has 0 aliphatic carbocycles. The summed E-state index contributed by atoms with van der Waals surface area (Å²) < 4.78 is 1.69. The molecule has 0 bridgehead atoms. The molecule has 52 valence electrons. The van der Waals surface area contributed by atoms with Gasteiger partial charge in [0.2, 0.25) is 0 Å². The predicted molar refractivity (Wildman–Crippen MR) is 36.3 cm³/mol. The first-order valence-electron chi connectivity index (χ1n) is 2.47. The Morgan fingerprint density at radius 3 is 2.78 bits per heavy atom. The molecule has 5 heteroatoms. The van der Waals surface area contributed by atoms with Crippen LogP contribution in [0.5, 0.6) is 0 Å². The van der Waals surface area contributed by atoms with Crippen LogP contribution >= 0.6 is 12.4 Å². The van der Waals surface area contributed by atoms with Crippen molar-refractivity contribution in [1.29, 1.82) is 0 Å². The Balaban J connectivity index is 0.000000640. The lowest BCUT2D eigenvalue weighted by atomic mass is 10.6. The van der Waals surface area contributed by atoms with Crippen LogP contribution in [0.15, 0.2) is 12.4 Å². The molecule has 0 fully saturated rings. The summed E-state index contributed by atoms with van der Waals surface area (Å²) >= 11 is 0. The van der Waals surface area contributed by atoms with Crippen molar-refractivity contribution in [3.8, 4) is 0 Å². The topological polar surface area (TPSA) is 56.7 Å². The zero-order valence-corrected chi connectivity index (χ0v) is 5.71. The smallest absolute Gasteiger partial charge is 0.0692 e. The summed E-state index contributed by atoms with van der Waals surface area (Å²) in [7, 11) is 0. The highest BCUT2D eigenvalue weighted by Gasteiger charge is 1.83. The first-order chi connectivity index (χ1) is 3.93. The Hall–Kier alpha value is -0.610. The van der Waals surface area contributed by atoms with E-state index in [1.165, 1.54) is 0 Å². The molecule has 1 heterocycles. The molecule has 1 rings (SSSR count). The van der Waals surface area contributed by atoms with Crippen molar-refractivity contribution in [2.75, 3.05) is 6.54 Å². The van der Waals surface area contributed by atoms with Gasteiger partial charge in [-0.2, -0.15) is 0 Å². The predicted octanol–water partition coefficient (Wildman–Crippen LogP) is -0.341. The Labute approximate surface area is 59.4 Å². The molecule has 9 heavy (non-hydrogen) atoms. The third-order valence-electron chi connectivity index (χ3n) is 0.830. The second kappa shape index (κ2) is 4.29. The van der Waals surface area contributed by atoms with Gasteiger partial charge in [0.15, 0.2) is 0 Å². The van der Waals surface area contributed by atoms with Crippen molar-refractivity contribution >= 4 is 12.4 Å². The van der Waals surface area contributed by atoms with E-state index in [2.05, 4.69) is 10.3 Å². The monoisotopic (exact) mass is 148 g/mol. The van der Waals surface area contributed by atoms with Gasteiger partial charge in [0.05, 0.1) is 12.7 Å². The lowest BCUT2D eigenvalue weighted by molar-refractivity contribution is 0.598. The van der Waals surface area contributed by atoms with Crippen LogP contribution < -0.4 is 5.73 Å². The summed E-state index contributed by atoms with van der Waals surface area (Å²) in [6, 6.07) is 0. The minimum atomic E-state index is 0. The highest BCUT2D eigenvalue weighted by molar-refractivity contribution is 5.85. The Kier molecular flexibility index (Phi) is 4.00. The molecule has 0 aliphatic rings. The van der Waals surface area contributed by atoms with E-state index in [0.29, 0.717) is 6.54 Å². The lowest BCUT2D eigenvalue weighted by Crippen LogP contribution is -2.09. The Morgan fingerprint density at radius 1 is 1.56 bits per heavy atom. The van der Waals surface area contributed by atoms with Gasteiger partial charge < -0.3 is 5.73 Å². The number of aromatic nitrogens is 3. The maximum absolute atomic E-state index is 5.23. The largest absolute Gasteiger partial charge is 0.329 e. The van der Waals surface area contributed by atoms with Crippen LogP contribution in [0.1, 0.15) is 0 Å². The van der Waals surface area contributed by atoms with Crippen LogP contribution in [0.4, 0.5) is 0 Å². The van der Waals surface area contributed by atoms with Gasteiger partial charge in [0.25, 0.3) is 0 Å². The molecular formula is C4H9ClN4. The standard InChI is InChI=1S/C4H8N4.ClH/c5-1-3-8-4-2-6-7-8;/h2,4H,1,3,5H2;1H. The second-order valence-corrected chi connectivity index (χ2v) is 1.45. The summed E-state index contributed by atoms with van der Waals surface area (Å²) in [5.41, 5.74) is 5.23. The summed E-state index contributed by atoms with van der Waals surface area (Å²) in [5, 5.41) is 7.29. The normalized spacial score (nSPS) is 8.56. The minimum Gasteiger partial charge on any atom is -0.329 e. The van der Waals surface area contributed by atoms with Gasteiger partial charge in [0, 0.05) is 12.7 Å². The van der Waals surface area contributed by atoms with E-state index >= 15 is 0 Å². The summed E-state index contributed by atoms with van der Waals surface area (Å²) in [4.78, 5) is 0. The van der Waals surface area contributed by atoms with E-state index in [1.54, 1.807) is 17.1 Å². The average molecular weight is 149 g/mol. The van der Waals surface area contributed by atoms with Gasteiger partial charge in [-0.25, -0.2) is 0 Å². The fourth-order valence-corrected chi connectivity index (χ4v) is 0.484. The van der Waals surface area contributed by atoms with E-state index in [0.717, 1.165) is 6.54 Å². The summed E-state index contributed by atoms with van der Waals surface area (Å²) in [6.07, 6.45) is 3.42. The number of hydrogen-bond donors (Lipinski definition) is 1. The van der Waals surface area contributed by atoms with Gasteiger partial charge >= 0.3 is 0 Å². The average Bonchev–Trinajstić information content (AvgIpc) is 2.19. The fourth-order valence-electron chi connectivity index (χ4n) is 0.484. The SMILES string of the molecule is Cl.NCCn1ccnn1. The first kappa shape index (κ1) is 8.39. The maximum atomic E-state index is 5.23. The molecule has 0 atom stereocenters. The molecule has 0 aromatic carbocycles. The van der Waals surface area contributed by atoms with Crippen molar-refractivity contribution < 1.29 is 0 Å². The molecule has 4 nitrogen and oxygen atoms in total. The molecule has 2 N–H and O–H groups in total. The van der Waals surface area contributed by atoms with Crippen molar-refractivity contribution in [3.05, 3.63) is 12.4 Å². The van der Waals surface area contributed by atoms with Crippen LogP contribution in [0, 0.1) is 0 Å². The van der Waals surface area contributed by atoms with Gasteiger partial charge in [-0.15, -0.1) is 17.5 Å². The van der Waals surface area contributed by atoms with Gasteiger partial charge in [-0.3, -0.25) is 4.68 Å². The molecule has 0 unspecified atom stereocenters. The van der Waals surface area contributed by atoms with Crippen molar-refractivity contribution in [1.82, 2.24) is 15.0 Å². The molecule has 0 spiro atoms. The highest BCUT2D eigenvalue weighted by Crippen LogP contribution is 1.75. The zero-order valence-electron chi connectivity index (χ0n) is 4.90. The third-order valence-corrected chi connectivity index (χ3v) is 0.830. The quantitative estimate of drug-likeness (QED) is 0.624. The van der Waals surface area contributed by atoms with E-state index in [4.69, 9.17) is 5.73 Å². The number of nitrogens with two attached hydrogens (primary N) is 1. The Bertz CT molecular complexity index is 138. The van der Waals surface area contributed by atoms with E-state index in [1.807, 2.05) is 0 Å². The van der Waals surface area contributed by atoms with Gasteiger partial charge in [0.1, 0.15) is 0 Å². The highest BCUT2D eigenvalue weighted by atomic mass is 35.5. The van der Waals surface area contributed by atoms with Crippen LogP contribution in [0.2, 0.25) is 0 Å². The molecule has 1 aromatic heterocycles. The van der Waals surface area contributed by atoms with Crippen molar-refractivity contribution in [2.45, 2.75) is 6.54 Å². The van der Waals surface area contributed by atoms with Crippen molar-refractivity contribution in [2.24, 2.45) is 5.73 Å². The number of nitrogens with zero attached hydrogens (tertiary/aromatic N) is 3. The third kappa shape index (κ3) is 2.43. The van der Waals surface area contributed by atoms with E-state index in [-0.39, 0.29) is 12.4 Å². The molecule has 0 saturated heterocycles. The van der Waals surface area contributed by atoms with Gasteiger partial charge in [-0.05, 0) is 0 Å². The fraction of sp³-hybridized carbons (Fsp3) is 0.500. The molecule has 0 radical (unpaired) electrons. The lowest BCUT2D eigenvalue weighted by Gasteiger charge is -1.91. The van der Waals surface area contributed by atoms with Crippen LogP contribution in [-0.4, -0.2) is 21.5 Å². The van der Waals surface area contributed by atoms with E-state index in [9.17, 15) is 0 Å². The molecular weight excluding hydrogens is 140 g/mol. The van der Waals surface area contributed by atoms with Crippen LogP contribution in [-0.2, 0) is 6.54 Å². The zero-order chi connectivity index (χ0) is 5.82. The minimum absolute atomic E-state index is 0. The molecule has 0 amide bonds. The molecule has 1 aromatic rings. The Morgan fingerprint density at radius 2 is 2.33 bits per heavy atom. The van der Waals surface area contributed by atoms with E-state index < -0.39 is 0 Å². The molecule has 0 aliphatic heterocycles. The van der Waals surface area contributed by atoms with Crippen molar-refractivity contribution in [3.63, 3.8) is 0 Å². The van der Waals surface area contributed by atoms with Gasteiger partial charge in [-0.1, -0.05) is 5.21 Å². The first-order valence-corrected chi connectivity index (χ1v) is 2.47. The number of rotatable bonds is 2. The molecule has 0 saturated carbocycles. The number of hydrogen-bond acceptors (Lipinski definition) is 3. The second-order valence-electron chi connectivity index (χ2n) is 1.45. The van der Waals surface area contributed by atoms with Crippen LogP contribution in [0.3, 0.4) is 0 Å². The number of halogens is 1. The van der Waals surface area contributed by atoms with Crippen LogP contribution in [0.25, 0.3) is 0 Å². The summed E-state index contributed by atoms with van der Waals surface area (Å²) in [5.74, 6) is 0. The summed E-state index contributed by atoms with van der Waals surface area (Å²) in [6.45, 7) is 1.36. The maximum Gasteiger partial charge on any atom is 0.0692 e.